The van der Waals surface area contributed by atoms with Crippen molar-refractivity contribution in [2.75, 3.05) is 13.1 Å². The third kappa shape index (κ3) is 4.80. The summed E-state index contributed by atoms with van der Waals surface area (Å²) < 4.78 is 21.1. The number of imidazole rings is 1. The monoisotopic (exact) mass is 457 g/mol. The van der Waals surface area contributed by atoms with Crippen LogP contribution in [0.4, 0.5) is 4.39 Å². The summed E-state index contributed by atoms with van der Waals surface area (Å²) >= 11 is 0. The third-order valence-corrected chi connectivity index (χ3v) is 5.97. The Hall–Kier alpha value is -4.07. The predicted molar refractivity (Wildman–Crippen MR) is 124 cm³/mol. The Morgan fingerprint density at radius 3 is 2.71 bits per heavy atom. The SMILES string of the molecule is O=C(c1ccccc1Cn1ccnc1)N1CCC[C@H](c2nccnc2Oc2ccc(F)cc2)C1. The standard InChI is InChI=1S/C26H24FN5O2/c27-21-7-9-22(10-8-21)34-25-24(29-11-12-30-25)20-5-3-14-32(17-20)26(33)23-6-2-1-4-19(23)16-31-15-13-28-18-31/h1-2,4,6-13,15,18,20H,3,5,14,16-17H2/t20-/m0/s1. The largest absolute Gasteiger partial charge is 0.437 e. The van der Waals surface area contributed by atoms with Gasteiger partial charge in [-0.15, -0.1) is 0 Å². The van der Waals surface area contributed by atoms with Gasteiger partial charge in [-0.25, -0.2) is 14.4 Å². The zero-order valence-corrected chi connectivity index (χ0v) is 18.5. The average molecular weight is 458 g/mol. The molecule has 34 heavy (non-hydrogen) atoms. The molecule has 1 aliphatic heterocycles. The summed E-state index contributed by atoms with van der Waals surface area (Å²) in [5, 5.41) is 0. The van der Waals surface area contributed by atoms with Crippen LogP contribution in [0.2, 0.25) is 0 Å². The first-order valence-corrected chi connectivity index (χ1v) is 11.2. The van der Waals surface area contributed by atoms with E-state index in [1.54, 1.807) is 37.1 Å². The number of carbonyl (C=O) groups excluding carboxylic acids is 1. The highest BCUT2D eigenvalue weighted by Crippen LogP contribution is 2.33. The molecule has 172 valence electrons. The Balaban J connectivity index is 1.35. The van der Waals surface area contributed by atoms with Crippen molar-refractivity contribution in [1.82, 2.24) is 24.4 Å². The number of nitrogens with zero attached hydrogens (tertiary/aromatic N) is 5. The molecule has 0 radical (unpaired) electrons. The molecule has 1 fully saturated rings. The number of amides is 1. The van der Waals surface area contributed by atoms with E-state index in [9.17, 15) is 9.18 Å². The van der Waals surface area contributed by atoms with Crippen LogP contribution in [0.3, 0.4) is 0 Å². The van der Waals surface area contributed by atoms with Crippen molar-refractivity contribution in [3.63, 3.8) is 0 Å². The Labute approximate surface area is 196 Å². The zero-order valence-electron chi connectivity index (χ0n) is 18.5. The number of carbonyl (C=O) groups is 1. The number of ether oxygens (including phenoxy) is 1. The fourth-order valence-corrected chi connectivity index (χ4v) is 4.31. The lowest BCUT2D eigenvalue weighted by Crippen LogP contribution is -2.39. The molecule has 0 bridgehead atoms. The van der Waals surface area contributed by atoms with Crippen LogP contribution in [-0.4, -0.2) is 43.4 Å². The van der Waals surface area contributed by atoms with Gasteiger partial charge in [-0.1, -0.05) is 18.2 Å². The number of halogens is 1. The van der Waals surface area contributed by atoms with Gasteiger partial charge in [-0.3, -0.25) is 9.78 Å². The highest BCUT2D eigenvalue weighted by Gasteiger charge is 2.29. The fraction of sp³-hybridized carbons (Fsp3) is 0.231. The molecule has 3 heterocycles. The number of hydrogen-bond acceptors (Lipinski definition) is 5. The first-order valence-electron chi connectivity index (χ1n) is 11.2. The normalized spacial score (nSPS) is 15.8. The van der Waals surface area contributed by atoms with Crippen molar-refractivity contribution in [1.29, 1.82) is 0 Å². The molecule has 0 saturated carbocycles. The summed E-state index contributed by atoms with van der Waals surface area (Å²) in [6, 6.07) is 13.5. The van der Waals surface area contributed by atoms with Crippen molar-refractivity contribution >= 4 is 5.91 Å². The molecule has 0 unspecified atom stereocenters. The van der Waals surface area contributed by atoms with Crippen LogP contribution in [0.25, 0.3) is 0 Å². The second-order valence-corrected chi connectivity index (χ2v) is 8.29. The lowest BCUT2D eigenvalue weighted by molar-refractivity contribution is 0.0703. The highest BCUT2D eigenvalue weighted by molar-refractivity contribution is 5.95. The van der Waals surface area contributed by atoms with Crippen molar-refractivity contribution < 1.29 is 13.9 Å². The molecular formula is C26H24FN5O2. The Kier molecular flexibility index (Phi) is 6.29. The molecule has 0 N–H and O–H groups in total. The van der Waals surface area contributed by atoms with Crippen LogP contribution in [0.15, 0.2) is 79.6 Å². The van der Waals surface area contributed by atoms with Crippen molar-refractivity contribution in [2.45, 2.75) is 25.3 Å². The van der Waals surface area contributed by atoms with E-state index < -0.39 is 0 Å². The van der Waals surface area contributed by atoms with Crippen molar-refractivity contribution in [3.8, 4) is 11.6 Å². The maximum Gasteiger partial charge on any atom is 0.254 e. The van der Waals surface area contributed by atoms with Crippen LogP contribution in [0.5, 0.6) is 11.6 Å². The quantitative estimate of drug-likeness (QED) is 0.421. The van der Waals surface area contributed by atoms with Crippen LogP contribution in [0, 0.1) is 5.82 Å². The number of piperidine rings is 1. The number of aromatic nitrogens is 4. The summed E-state index contributed by atoms with van der Waals surface area (Å²) in [5.41, 5.74) is 2.35. The van der Waals surface area contributed by atoms with Crippen molar-refractivity contribution in [3.05, 3.63) is 102 Å². The summed E-state index contributed by atoms with van der Waals surface area (Å²) in [5.74, 6) is 0.531. The Morgan fingerprint density at radius 1 is 1.06 bits per heavy atom. The van der Waals surface area contributed by atoms with Crippen LogP contribution >= 0.6 is 0 Å². The van der Waals surface area contributed by atoms with Gasteiger partial charge in [-0.05, 0) is 48.7 Å². The molecule has 2 aromatic heterocycles. The maximum atomic E-state index is 13.5. The minimum Gasteiger partial charge on any atom is -0.437 e. The number of rotatable bonds is 6. The van der Waals surface area contributed by atoms with Gasteiger partial charge in [0, 0.05) is 55.9 Å². The van der Waals surface area contributed by atoms with Crippen LogP contribution in [0.1, 0.15) is 40.4 Å². The molecule has 1 aliphatic rings. The molecule has 2 aromatic carbocycles. The number of hydrogen-bond donors (Lipinski definition) is 0. The van der Waals surface area contributed by atoms with Crippen molar-refractivity contribution in [2.24, 2.45) is 0 Å². The molecule has 1 amide bonds. The topological polar surface area (TPSA) is 73.1 Å². The van der Waals surface area contributed by atoms with Gasteiger partial charge in [0.2, 0.25) is 5.88 Å². The van der Waals surface area contributed by atoms with Gasteiger partial charge in [0.1, 0.15) is 17.3 Å². The maximum absolute atomic E-state index is 13.5. The first kappa shape index (κ1) is 21.8. The summed E-state index contributed by atoms with van der Waals surface area (Å²) in [6.07, 6.45) is 10.3. The van der Waals surface area contributed by atoms with Gasteiger partial charge < -0.3 is 14.2 Å². The molecular weight excluding hydrogens is 433 g/mol. The minimum atomic E-state index is -0.332. The van der Waals surface area contributed by atoms with Gasteiger partial charge >= 0.3 is 0 Å². The van der Waals surface area contributed by atoms with Gasteiger partial charge in [0.05, 0.1) is 6.33 Å². The molecule has 8 heteroatoms. The van der Waals surface area contributed by atoms with E-state index in [1.807, 2.05) is 39.9 Å². The highest BCUT2D eigenvalue weighted by atomic mass is 19.1. The molecule has 0 aliphatic carbocycles. The zero-order chi connectivity index (χ0) is 23.3. The van der Waals surface area contributed by atoms with E-state index in [-0.39, 0.29) is 17.6 Å². The van der Waals surface area contributed by atoms with E-state index in [2.05, 4.69) is 15.0 Å². The average Bonchev–Trinajstić information content (AvgIpc) is 3.39. The van der Waals surface area contributed by atoms with Crippen LogP contribution in [-0.2, 0) is 6.54 Å². The van der Waals surface area contributed by atoms with E-state index in [4.69, 9.17) is 4.74 Å². The first-order chi connectivity index (χ1) is 16.7. The molecule has 1 saturated heterocycles. The number of likely N-dealkylation sites (tertiary alicyclic amines) is 1. The number of benzene rings is 2. The molecule has 4 aromatic rings. The fourth-order valence-electron chi connectivity index (χ4n) is 4.31. The van der Waals surface area contributed by atoms with Gasteiger partial charge in [0.25, 0.3) is 5.91 Å². The van der Waals surface area contributed by atoms with Crippen LogP contribution < -0.4 is 4.74 Å². The van der Waals surface area contributed by atoms with E-state index >= 15 is 0 Å². The minimum absolute atomic E-state index is 0.00492. The molecule has 7 nitrogen and oxygen atoms in total. The molecule has 1 atom stereocenters. The summed E-state index contributed by atoms with van der Waals surface area (Å²) in [4.78, 5) is 28.4. The van der Waals surface area contributed by atoms with Gasteiger partial charge in [0.15, 0.2) is 0 Å². The van der Waals surface area contributed by atoms with Gasteiger partial charge in [-0.2, -0.15) is 0 Å². The van der Waals surface area contributed by atoms with E-state index in [1.165, 1.54) is 12.1 Å². The molecule has 5 rings (SSSR count). The van der Waals surface area contributed by atoms with E-state index in [0.29, 0.717) is 42.5 Å². The second-order valence-electron chi connectivity index (χ2n) is 8.29. The Morgan fingerprint density at radius 2 is 1.88 bits per heavy atom. The molecule has 0 spiro atoms. The predicted octanol–water partition coefficient (Wildman–Crippen LogP) is 4.67. The second kappa shape index (κ2) is 9.82. The summed E-state index contributed by atoms with van der Waals surface area (Å²) in [7, 11) is 0. The lowest BCUT2D eigenvalue weighted by atomic mass is 9.93. The lowest BCUT2D eigenvalue weighted by Gasteiger charge is -2.33. The summed E-state index contributed by atoms with van der Waals surface area (Å²) in [6.45, 7) is 1.79. The Bertz CT molecular complexity index is 1260. The smallest absolute Gasteiger partial charge is 0.254 e. The van der Waals surface area contributed by atoms with E-state index in [0.717, 1.165) is 18.4 Å². The third-order valence-electron chi connectivity index (χ3n) is 5.97.